The topological polar surface area (TPSA) is 41.5 Å². The van der Waals surface area contributed by atoms with E-state index in [1.807, 2.05) is 12.1 Å². The number of halogens is 3. The summed E-state index contributed by atoms with van der Waals surface area (Å²) in [5.74, 6) is 0.372. The number of phenolic OH excluding ortho intramolecular Hbond substituents is 1. The predicted molar refractivity (Wildman–Crippen MR) is 82.4 cm³/mol. The van der Waals surface area contributed by atoms with Crippen molar-refractivity contribution < 1.29 is 9.84 Å². The van der Waals surface area contributed by atoms with Crippen molar-refractivity contribution in [2.45, 2.75) is 6.04 Å². The number of nitrogens with one attached hydrogen (secondary N) is 1. The molecule has 0 spiro atoms. The largest absolute Gasteiger partial charge is 0.506 e. The first-order valence-corrected chi connectivity index (χ1v) is 6.83. The molecule has 0 aromatic heterocycles. The van der Waals surface area contributed by atoms with Crippen molar-refractivity contribution in [1.29, 1.82) is 0 Å². The minimum absolute atomic E-state index is 0. The standard InChI is InChI=1S/C10H11I2NO2.ClH/c11-7-3-6(4-8(12)10(7)14)9-5-15-2-1-13-9;/h3-4,9,13-14H,1-2,5H2;1H/t9-;/m1./s1. The second kappa shape index (κ2) is 6.58. The lowest BCUT2D eigenvalue weighted by molar-refractivity contribution is 0.0768. The van der Waals surface area contributed by atoms with Crippen molar-refractivity contribution in [3.63, 3.8) is 0 Å². The van der Waals surface area contributed by atoms with Crippen molar-refractivity contribution in [3.8, 4) is 5.75 Å². The number of phenols is 1. The molecule has 1 aromatic carbocycles. The SMILES string of the molecule is Cl.Oc1c(I)cc([C@H]2COCCN2)cc1I. The number of aromatic hydroxyl groups is 1. The molecule has 2 N–H and O–H groups in total. The number of rotatable bonds is 1. The van der Waals surface area contributed by atoms with E-state index in [9.17, 15) is 5.11 Å². The molecular formula is C10H12ClI2NO2. The van der Waals surface area contributed by atoms with Gasteiger partial charge in [-0.15, -0.1) is 12.4 Å². The second-order valence-electron chi connectivity index (χ2n) is 3.41. The van der Waals surface area contributed by atoms with Crippen molar-refractivity contribution in [2.24, 2.45) is 0 Å². The third-order valence-electron chi connectivity index (χ3n) is 2.36. The van der Waals surface area contributed by atoms with Crippen molar-refractivity contribution >= 4 is 57.6 Å². The first-order valence-electron chi connectivity index (χ1n) is 4.67. The Morgan fingerprint density at radius 2 is 1.94 bits per heavy atom. The van der Waals surface area contributed by atoms with E-state index in [1.165, 1.54) is 5.56 Å². The van der Waals surface area contributed by atoms with Crippen LogP contribution in [-0.4, -0.2) is 24.9 Å². The van der Waals surface area contributed by atoms with E-state index in [4.69, 9.17) is 4.74 Å². The first-order chi connectivity index (χ1) is 7.18. The van der Waals surface area contributed by atoms with Crippen molar-refractivity contribution in [3.05, 3.63) is 24.8 Å². The summed E-state index contributed by atoms with van der Waals surface area (Å²) in [7, 11) is 0. The van der Waals surface area contributed by atoms with E-state index < -0.39 is 0 Å². The van der Waals surface area contributed by atoms with Gasteiger partial charge in [0.1, 0.15) is 5.75 Å². The van der Waals surface area contributed by atoms with Gasteiger partial charge in [-0.25, -0.2) is 0 Å². The van der Waals surface area contributed by atoms with E-state index >= 15 is 0 Å². The molecule has 16 heavy (non-hydrogen) atoms. The van der Waals surface area contributed by atoms with Crippen LogP contribution >= 0.6 is 57.6 Å². The van der Waals surface area contributed by atoms with Gasteiger partial charge in [0.2, 0.25) is 0 Å². The number of ether oxygens (including phenoxy) is 1. The molecule has 1 atom stereocenters. The summed E-state index contributed by atoms with van der Waals surface area (Å²) in [6, 6.07) is 4.26. The Balaban J connectivity index is 0.00000128. The molecule has 0 unspecified atom stereocenters. The molecule has 0 saturated carbocycles. The van der Waals surface area contributed by atoms with Gasteiger partial charge >= 0.3 is 0 Å². The molecule has 3 nitrogen and oxygen atoms in total. The van der Waals surface area contributed by atoms with Crippen molar-refractivity contribution in [2.75, 3.05) is 19.8 Å². The van der Waals surface area contributed by atoms with Crippen LogP contribution in [0.4, 0.5) is 0 Å². The molecule has 1 aliphatic heterocycles. The van der Waals surface area contributed by atoms with Gasteiger partial charge in [0.05, 0.1) is 26.4 Å². The molecule has 1 aliphatic rings. The summed E-state index contributed by atoms with van der Waals surface area (Å²) in [4.78, 5) is 0. The number of benzene rings is 1. The minimum atomic E-state index is 0. The third-order valence-corrected chi connectivity index (χ3v) is 4.01. The van der Waals surface area contributed by atoms with Crippen LogP contribution in [0.2, 0.25) is 0 Å². The highest BCUT2D eigenvalue weighted by molar-refractivity contribution is 14.1. The zero-order chi connectivity index (χ0) is 10.8. The Bertz CT molecular complexity index is 347. The van der Waals surface area contributed by atoms with E-state index in [0.29, 0.717) is 12.4 Å². The highest BCUT2D eigenvalue weighted by atomic mass is 127. The monoisotopic (exact) mass is 467 g/mol. The van der Waals surface area contributed by atoms with E-state index in [1.54, 1.807) is 0 Å². The van der Waals surface area contributed by atoms with Crippen LogP contribution in [0.5, 0.6) is 5.75 Å². The van der Waals surface area contributed by atoms with Crippen LogP contribution in [0.15, 0.2) is 12.1 Å². The molecule has 1 heterocycles. The number of hydrogen-bond donors (Lipinski definition) is 2. The van der Waals surface area contributed by atoms with Crippen LogP contribution in [0.25, 0.3) is 0 Å². The Labute approximate surface area is 128 Å². The van der Waals surface area contributed by atoms with Crippen LogP contribution < -0.4 is 5.32 Å². The predicted octanol–water partition coefficient (Wildman–Crippen LogP) is 2.68. The van der Waals surface area contributed by atoms with Gasteiger partial charge in [0, 0.05) is 6.54 Å². The Hall–Kier alpha value is 0.690. The van der Waals surface area contributed by atoms with Crippen LogP contribution in [-0.2, 0) is 4.74 Å². The quantitative estimate of drug-likeness (QED) is 0.625. The number of hydrogen-bond acceptors (Lipinski definition) is 3. The maximum absolute atomic E-state index is 9.66. The van der Waals surface area contributed by atoms with E-state index in [-0.39, 0.29) is 18.4 Å². The number of morpholine rings is 1. The second-order valence-corrected chi connectivity index (χ2v) is 5.74. The van der Waals surface area contributed by atoms with E-state index in [0.717, 1.165) is 20.3 Å². The van der Waals surface area contributed by atoms with E-state index in [2.05, 4.69) is 50.5 Å². The molecule has 1 aromatic rings. The van der Waals surface area contributed by atoms with Crippen molar-refractivity contribution in [1.82, 2.24) is 5.32 Å². The minimum Gasteiger partial charge on any atom is -0.506 e. The smallest absolute Gasteiger partial charge is 0.142 e. The summed E-state index contributed by atoms with van der Waals surface area (Å²) < 4.78 is 7.20. The summed E-state index contributed by atoms with van der Waals surface area (Å²) in [6.45, 7) is 2.37. The van der Waals surface area contributed by atoms with Crippen LogP contribution in [0, 0.1) is 7.14 Å². The van der Waals surface area contributed by atoms with Gasteiger partial charge in [-0.05, 0) is 62.9 Å². The molecule has 6 heteroatoms. The lowest BCUT2D eigenvalue weighted by Gasteiger charge is -2.24. The Kier molecular flexibility index (Phi) is 6.06. The van der Waals surface area contributed by atoms with Crippen LogP contribution in [0.3, 0.4) is 0 Å². The highest BCUT2D eigenvalue weighted by Crippen LogP contribution is 2.30. The molecule has 1 saturated heterocycles. The van der Waals surface area contributed by atoms with Gasteiger partial charge < -0.3 is 15.2 Å². The average Bonchev–Trinajstić information content (AvgIpc) is 2.26. The Morgan fingerprint density at radius 1 is 1.31 bits per heavy atom. The van der Waals surface area contributed by atoms with Gasteiger partial charge in [-0.1, -0.05) is 0 Å². The zero-order valence-electron chi connectivity index (χ0n) is 8.37. The molecule has 1 fully saturated rings. The average molecular weight is 467 g/mol. The highest BCUT2D eigenvalue weighted by Gasteiger charge is 2.17. The Morgan fingerprint density at radius 3 is 2.44 bits per heavy atom. The lowest BCUT2D eigenvalue weighted by Crippen LogP contribution is -2.34. The van der Waals surface area contributed by atoms with Crippen LogP contribution in [0.1, 0.15) is 11.6 Å². The van der Waals surface area contributed by atoms with Gasteiger partial charge in [-0.2, -0.15) is 0 Å². The fourth-order valence-corrected chi connectivity index (χ4v) is 3.38. The fraction of sp³-hybridized carbons (Fsp3) is 0.400. The van der Waals surface area contributed by atoms with Gasteiger partial charge in [0.25, 0.3) is 0 Å². The molecule has 2 rings (SSSR count). The molecule has 90 valence electrons. The van der Waals surface area contributed by atoms with Gasteiger partial charge in [-0.3, -0.25) is 0 Å². The summed E-state index contributed by atoms with van der Waals surface area (Å²) in [5, 5.41) is 13.1. The first kappa shape index (κ1) is 14.7. The fourth-order valence-electron chi connectivity index (χ4n) is 1.57. The summed E-state index contributed by atoms with van der Waals surface area (Å²) in [5.41, 5.74) is 1.18. The zero-order valence-corrected chi connectivity index (χ0v) is 13.5. The molecule has 0 radical (unpaired) electrons. The molecule has 0 bridgehead atoms. The summed E-state index contributed by atoms with van der Waals surface area (Å²) >= 11 is 4.30. The third kappa shape index (κ3) is 3.34. The summed E-state index contributed by atoms with van der Waals surface area (Å²) in [6.07, 6.45) is 0. The molecule has 0 amide bonds. The maximum atomic E-state index is 9.66. The normalized spacial score (nSPS) is 20.2. The molecular weight excluding hydrogens is 455 g/mol. The molecule has 0 aliphatic carbocycles. The maximum Gasteiger partial charge on any atom is 0.142 e. The van der Waals surface area contributed by atoms with Gasteiger partial charge in [0.15, 0.2) is 0 Å². The lowest BCUT2D eigenvalue weighted by atomic mass is 10.1.